The lowest BCUT2D eigenvalue weighted by atomic mass is 10.3. The summed E-state index contributed by atoms with van der Waals surface area (Å²) in [5, 5.41) is 10.7. The van der Waals surface area contributed by atoms with E-state index in [2.05, 4.69) is 25.5 Å². The van der Waals surface area contributed by atoms with Crippen molar-refractivity contribution in [2.45, 2.75) is 38.6 Å². The number of nitrogens with zero attached hydrogens (tertiary/aromatic N) is 4. The third-order valence-corrected chi connectivity index (χ3v) is 3.01. The summed E-state index contributed by atoms with van der Waals surface area (Å²) in [6.45, 7) is 2.10. The minimum atomic E-state index is -0.424. The van der Waals surface area contributed by atoms with Crippen molar-refractivity contribution >= 4 is 5.82 Å². The van der Waals surface area contributed by atoms with Crippen LogP contribution in [0.1, 0.15) is 43.2 Å². The van der Waals surface area contributed by atoms with E-state index in [0.29, 0.717) is 29.8 Å². The van der Waals surface area contributed by atoms with Crippen LogP contribution in [-0.2, 0) is 13.0 Å². The van der Waals surface area contributed by atoms with Crippen LogP contribution in [-0.4, -0.2) is 20.2 Å². The molecule has 0 radical (unpaired) electrons. The molecule has 19 heavy (non-hydrogen) atoms. The van der Waals surface area contributed by atoms with Gasteiger partial charge in [0.25, 0.3) is 0 Å². The molecular formula is C12H14FN5O. The summed E-state index contributed by atoms with van der Waals surface area (Å²) >= 11 is 0. The zero-order chi connectivity index (χ0) is 13.2. The smallest absolute Gasteiger partial charge is 0.235 e. The van der Waals surface area contributed by atoms with E-state index in [9.17, 15) is 4.39 Å². The molecular weight excluding hydrogens is 249 g/mol. The second-order valence-electron chi connectivity index (χ2n) is 4.50. The Labute approximate surface area is 109 Å². The van der Waals surface area contributed by atoms with Gasteiger partial charge < -0.3 is 9.73 Å². The summed E-state index contributed by atoms with van der Waals surface area (Å²) in [6, 6.07) is 0. The highest BCUT2D eigenvalue weighted by Gasteiger charge is 2.29. The minimum absolute atomic E-state index is 0.165. The highest BCUT2D eigenvalue weighted by Crippen LogP contribution is 2.39. The van der Waals surface area contributed by atoms with Gasteiger partial charge in [0.1, 0.15) is 6.33 Å². The predicted octanol–water partition coefficient (Wildman–Crippen LogP) is 2.05. The van der Waals surface area contributed by atoms with Crippen LogP contribution in [0.15, 0.2) is 10.7 Å². The first-order valence-electron chi connectivity index (χ1n) is 6.33. The number of aryl methyl sites for hydroxylation is 1. The van der Waals surface area contributed by atoms with Gasteiger partial charge in [0.15, 0.2) is 11.6 Å². The van der Waals surface area contributed by atoms with Crippen molar-refractivity contribution in [3.05, 3.63) is 29.6 Å². The summed E-state index contributed by atoms with van der Waals surface area (Å²) in [5.74, 6) is 1.28. The lowest BCUT2D eigenvalue weighted by molar-refractivity contribution is 0.456. The van der Waals surface area contributed by atoms with Gasteiger partial charge in [-0.2, -0.15) is 0 Å². The third-order valence-electron chi connectivity index (χ3n) is 3.01. The van der Waals surface area contributed by atoms with Crippen LogP contribution >= 0.6 is 0 Å². The quantitative estimate of drug-likeness (QED) is 0.889. The molecule has 0 saturated heterocycles. The molecule has 0 aliphatic heterocycles. The number of nitrogens with one attached hydrogen (secondary N) is 1. The van der Waals surface area contributed by atoms with Gasteiger partial charge in [0.05, 0.1) is 12.2 Å². The number of hydrogen-bond acceptors (Lipinski definition) is 6. The highest BCUT2D eigenvalue weighted by molar-refractivity contribution is 5.37. The average Bonchev–Trinajstić information content (AvgIpc) is 3.17. The van der Waals surface area contributed by atoms with E-state index in [1.807, 2.05) is 6.92 Å². The Morgan fingerprint density at radius 1 is 1.37 bits per heavy atom. The van der Waals surface area contributed by atoms with Crippen molar-refractivity contribution in [1.82, 2.24) is 20.2 Å². The summed E-state index contributed by atoms with van der Waals surface area (Å²) in [4.78, 5) is 7.74. The van der Waals surface area contributed by atoms with Crippen LogP contribution in [0.25, 0.3) is 0 Å². The predicted molar refractivity (Wildman–Crippen MR) is 65.0 cm³/mol. The first-order chi connectivity index (χ1) is 9.28. The first-order valence-corrected chi connectivity index (χ1v) is 6.33. The zero-order valence-corrected chi connectivity index (χ0v) is 10.6. The summed E-state index contributed by atoms with van der Waals surface area (Å²) in [6.07, 6.45) is 4.08. The number of anilines is 1. The lowest BCUT2D eigenvalue weighted by Gasteiger charge is -2.05. The van der Waals surface area contributed by atoms with Gasteiger partial charge in [-0.25, -0.2) is 14.4 Å². The zero-order valence-electron chi connectivity index (χ0n) is 10.6. The van der Waals surface area contributed by atoms with Crippen molar-refractivity contribution in [3.8, 4) is 0 Å². The summed E-state index contributed by atoms with van der Waals surface area (Å²) in [7, 11) is 0. The Bertz CT molecular complexity index is 581. The highest BCUT2D eigenvalue weighted by atomic mass is 19.1. The number of hydrogen-bond donors (Lipinski definition) is 1. The molecule has 0 spiro atoms. The van der Waals surface area contributed by atoms with Gasteiger partial charge in [-0.3, -0.25) is 0 Å². The molecule has 0 bridgehead atoms. The maximum Gasteiger partial charge on any atom is 0.235 e. The molecule has 0 unspecified atom stereocenters. The van der Waals surface area contributed by atoms with Gasteiger partial charge in [-0.15, -0.1) is 10.2 Å². The van der Waals surface area contributed by atoms with E-state index in [1.54, 1.807) is 0 Å². The molecule has 1 N–H and O–H groups in total. The van der Waals surface area contributed by atoms with Gasteiger partial charge in [0.2, 0.25) is 11.8 Å². The molecule has 7 heteroatoms. The molecule has 1 fully saturated rings. The normalized spacial score (nSPS) is 14.6. The number of halogens is 1. The van der Waals surface area contributed by atoms with Gasteiger partial charge >= 0.3 is 0 Å². The Hall–Kier alpha value is -2.05. The Kier molecular flexibility index (Phi) is 3.10. The first kappa shape index (κ1) is 12.0. The molecule has 2 heterocycles. The minimum Gasteiger partial charge on any atom is -0.423 e. The van der Waals surface area contributed by atoms with Crippen LogP contribution in [0.3, 0.4) is 0 Å². The lowest BCUT2D eigenvalue weighted by Crippen LogP contribution is -2.07. The monoisotopic (exact) mass is 263 g/mol. The van der Waals surface area contributed by atoms with E-state index < -0.39 is 5.82 Å². The average molecular weight is 263 g/mol. The second-order valence-corrected chi connectivity index (χ2v) is 4.50. The summed E-state index contributed by atoms with van der Waals surface area (Å²) in [5.41, 5.74) is 0.390. The molecule has 2 aromatic rings. The van der Waals surface area contributed by atoms with Crippen molar-refractivity contribution in [2.75, 3.05) is 5.32 Å². The van der Waals surface area contributed by atoms with E-state index in [4.69, 9.17) is 4.42 Å². The van der Waals surface area contributed by atoms with Crippen LogP contribution < -0.4 is 5.32 Å². The van der Waals surface area contributed by atoms with Crippen LogP contribution in [0.4, 0.5) is 10.2 Å². The molecule has 6 nitrogen and oxygen atoms in total. The van der Waals surface area contributed by atoms with Crippen molar-refractivity contribution < 1.29 is 8.81 Å². The second kappa shape index (κ2) is 4.91. The van der Waals surface area contributed by atoms with E-state index in [-0.39, 0.29) is 12.4 Å². The maximum absolute atomic E-state index is 13.9. The van der Waals surface area contributed by atoms with E-state index in [0.717, 1.165) is 12.8 Å². The summed E-state index contributed by atoms with van der Waals surface area (Å²) < 4.78 is 19.3. The molecule has 3 rings (SSSR count). The number of aromatic nitrogens is 4. The fraction of sp³-hybridized carbons (Fsp3) is 0.500. The fourth-order valence-electron chi connectivity index (χ4n) is 1.77. The van der Waals surface area contributed by atoms with Gasteiger partial charge in [-0.05, 0) is 19.3 Å². The molecule has 0 atom stereocenters. The van der Waals surface area contributed by atoms with E-state index >= 15 is 0 Å². The third kappa shape index (κ3) is 2.54. The van der Waals surface area contributed by atoms with Crippen LogP contribution in [0.5, 0.6) is 0 Å². The molecule has 100 valence electrons. The maximum atomic E-state index is 13.9. The van der Waals surface area contributed by atoms with Gasteiger partial charge in [0, 0.05) is 5.92 Å². The number of rotatable bonds is 5. The fourth-order valence-corrected chi connectivity index (χ4v) is 1.77. The van der Waals surface area contributed by atoms with Gasteiger partial charge in [-0.1, -0.05) is 6.92 Å². The Morgan fingerprint density at radius 3 is 2.95 bits per heavy atom. The van der Waals surface area contributed by atoms with E-state index in [1.165, 1.54) is 6.33 Å². The molecule has 0 aromatic carbocycles. The Morgan fingerprint density at radius 2 is 2.21 bits per heavy atom. The standard InChI is InChI=1S/C12H14FN5O/c1-2-8-10(13)11(16-6-15-8)14-5-9-17-18-12(19-9)7-3-4-7/h6-7H,2-5H2,1H3,(H,14,15,16). The van der Waals surface area contributed by atoms with Crippen LogP contribution in [0.2, 0.25) is 0 Å². The molecule has 0 amide bonds. The van der Waals surface area contributed by atoms with Crippen molar-refractivity contribution in [3.63, 3.8) is 0 Å². The molecule has 1 aliphatic rings. The molecule has 2 aromatic heterocycles. The van der Waals surface area contributed by atoms with Crippen molar-refractivity contribution in [1.29, 1.82) is 0 Å². The topological polar surface area (TPSA) is 76.7 Å². The molecule has 1 saturated carbocycles. The van der Waals surface area contributed by atoms with Crippen LogP contribution in [0, 0.1) is 5.82 Å². The molecule has 1 aliphatic carbocycles. The SMILES string of the molecule is CCc1ncnc(NCc2nnc(C3CC3)o2)c1F. The van der Waals surface area contributed by atoms with Crippen molar-refractivity contribution in [2.24, 2.45) is 0 Å². The Balaban J connectivity index is 1.67. The largest absolute Gasteiger partial charge is 0.423 e.